The van der Waals surface area contributed by atoms with Crippen LogP contribution in [0.2, 0.25) is 0 Å². The normalized spacial score (nSPS) is 16.9. The van der Waals surface area contributed by atoms with Gasteiger partial charge >= 0.3 is 12.4 Å². The van der Waals surface area contributed by atoms with E-state index in [1.807, 2.05) is 38.1 Å². The van der Waals surface area contributed by atoms with Crippen LogP contribution in [-0.4, -0.2) is 49.0 Å². The van der Waals surface area contributed by atoms with Crippen molar-refractivity contribution < 1.29 is 22.7 Å². The molecular formula is C36H41F3N6O2S. The van der Waals surface area contributed by atoms with Gasteiger partial charge in [-0.3, -0.25) is 5.01 Å². The first-order valence-corrected chi connectivity index (χ1v) is 16.5. The van der Waals surface area contributed by atoms with E-state index in [4.69, 9.17) is 0 Å². The molecule has 48 heavy (non-hydrogen) atoms. The summed E-state index contributed by atoms with van der Waals surface area (Å²) in [5, 5.41) is 9.59. The minimum atomic E-state index is -4.77. The van der Waals surface area contributed by atoms with E-state index >= 15 is 0 Å². The van der Waals surface area contributed by atoms with Crippen LogP contribution in [0.15, 0.2) is 87.5 Å². The maximum atomic E-state index is 13.2. The van der Waals surface area contributed by atoms with Crippen LogP contribution in [0.1, 0.15) is 69.2 Å². The number of aryl methyl sites for hydroxylation is 1. The molecule has 0 aromatic heterocycles. The van der Waals surface area contributed by atoms with Crippen molar-refractivity contribution in [3.8, 4) is 5.75 Å². The lowest BCUT2D eigenvalue weighted by Crippen LogP contribution is -2.42. The number of aliphatic imine (C=N–C) groups is 2. The highest BCUT2D eigenvalue weighted by atomic mass is 32.2. The van der Waals surface area contributed by atoms with Crippen molar-refractivity contribution in [2.24, 2.45) is 15.1 Å². The third-order valence-corrected chi connectivity index (χ3v) is 9.01. The van der Waals surface area contributed by atoms with Crippen molar-refractivity contribution in [1.29, 1.82) is 0 Å². The number of anilines is 2. The number of hydrogen-bond donors (Lipinski definition) is 1. The second-order valence-electron chi connectivity index (χ2n) is 11.8. The number of ether oxygens (including phenoxy) is 1. The molecule has 1 fully saturated rings. The number of alkyl halides is 3. The molecule has 1 heterocycles. The predicted octanol–water partition coefficient (Wildman–Crippen LogP) is 9.36. The van der Waals surface area contributed by atoms with Crippen molar-refractivity contribution in [1.82, 2.24) is 5.32 Å². The van der Waals surface area contributed by atoms with Crippen LogP contribution < -0.4 is 20.0 Å². The fraction of sp³-hybridized carbons (Fsp3) is 0.333. The Kier molecular flexibility index (Phi) is 11.7. The summed E-state index contributed by atoms with van der Waals surface area (Å²) >= 11 is 1.59. The molecule has 0 bridgehead atoms. The van der Waals surface area contributed by atoms with Gasteiger partial charge in [0.05, 0.1) is 5.69 Å². The summed E-state index contributed by atoms with van der Waals surface area (Å²) in [7, 11) is 1.65. The summed E-state index contributed by atoms with van der Waals surface area (Å²) in [6.45, 7) is 16.0. The number of hydrazone groups is 1. The third-order valence-electron chi connectivity index (χ3n) is 8.02. The van der Waals surface area contributed by atoms with Gasteiger partial charge in [0.1, 0.15) is 5.75 Å². The van der Waals surface area contributed by atoms with Gasteiger partial charge in [-0.25, -0.2) is 9.79 Å². The number of thioether (sulfide) groups is 1. The van der Waals surface area contributed by atoms with Gasteiger partial charge < -0.3 is 15.0 Å². The summed E-state index contributed by atoms with van der Waals surface area (Å²) < 4.78 is 41.4. The highest BCUT2D eigenvalue weighted by Crippen LogP contribution is 2.36. The van der Waals surface area contributed by atoms with Gasteiger partial charge in [0.25, 0.3) is 0 Å². The molecule has 0 radical (unpaired) electrons. The molecule has 1 unspecified atom stereocenters. The first-order chi connectivity index (χ1) is 22.7. The molecule has 3 aromatic carbocycles. The molecule has 0 saturated carbocycles. The Morgan fingerprint density at radius 3 is 2.31 bits per heavy atom. The zero-order chi connectivity index (χ0) is 35.2. The highest BCUT2D eigenvalue weighted by Gasteiger charge is 2.31. The number of carbonyl (C=O) groups excluding carboxylic acids is 1. The van der Waals surface area contributed by atoms with Gasteiger partial charge in [-0.1, -0.05) is 62.0 Å². The number of nitrogens with one attached hydrogen (secondary N) is 1. The quantitative estimate of drug-likeness (QED) is 0.146. The van der Waals surface area contributed by atoms with Crippen LogP contribution in [0.4, 0.5) is 29.3 Å². The Balaban J connectivity index is 1.50. The molecule has 12 heteroatoms. The fourth-order valence-electron chi connectivity index (χ4n) is 5.46. The van der Waals surface area contributed by atoms with E-state index in [1.54, 1.807) is 18.8 Å². The van der Waals surface area contributed by atoms with Gasteiger partial charge in [0.15, 0.2) is 11.0 Å². The van der Waals surface area contributed by atoms with Crippen LogP contribution in [0, 0.1) is 6.92 Å². The zero-order valence-corrected chi connectivity index (χ0v) is 29.0. The predicted molar refractivity (Wildman–Crippen MR) is 193 cm³/mol. The number of hydrogen-bond acceptors (Lipinski definition) is 5. The standard InChI is InChI=1S/C36H41F3N6O2S/c1-22(2)32-23(3)10-9-11-31(32)45-24(4)20-21-48-35(45)42-34(46)41-26(6)25(5)27-12-14-28(15-13-27)33(40-7)43-44(8)29-16-18-30(19-17-29)47-36(37,38)39/h9-19,22,24H,7,20-21H2,1-6,8H3,(H,41,46)/b26-25+,42-35-,43-33-. The van der Waals surface area contributed by atoms with Gasteiger partial charge in [0.2, 0.25) is 0 Å². The minimum Gasteiger partial charge on any atom is -0.406 e. The maximum Gasteiger partial charge on any atom is 0.573 e. The molecule has 1 atom stereocenters. The average molecular weight is 679 g/mol. The number of urea groups is 1. The largest absolute Gasteiger partial charge is 0.573 e. The van der Waals surface area contributed by atoms with E-state index < -0.39 is 12.4 Å². The fourth-order valence-corrected chi connectivity index (χ4v) is 6.67. The Morgan fingerprint density at radius 1 is 1.06 bits per heavy atom. The molecule has 0 spiro atoms. The first kappa shape index (κ1) is 36.3. The summed E-state index contributed by atoms with van der Waals surface area (Å²) in [5.74, 6) is 1.20. The lowest BCUT2D eigenvalue weighted by Gasteiger charge is -2.37. The van der Waals surface area contributed by atoms with E-state index in [1.165, 1.54) is 40.4 Å². The molecule has 1 aliphatic rings. The molecule has 3 aromatic rings. The number of carbonyl (C=O) groups is 1. The van der Waals surface area contributed by atoms with Crippen molar-refractivity contribution >= 4 is 52.5 Å². The van der Waals surface area contributed by atoms with E-state index in [-0.39, 0.29) is 11.8 Å². The number of allylic oxidation sites excluding steroid dienone is 2. The molecule has 0 aliphatic carbocycles. The number of amides is 2. The van der Waals surface area contributed by atoms with Crippen LogP contribution in [0.5, 0.6) is 5.75 Å². The Morgan fingerprint density at radius 2 is 1.71 bits per heavy atom. The summed E-state index contributed by atoms with van der Waals surface area (Å²) in [6, 6.07) is 18.8. The molecular weight excluding hydrogens is 637 g/mol. The Hall–Kier alpha value is -4.58. The van der Waals surface area contributed by atoms with Crippen LogP contribution >= 0.6 is 11.8 Å². The third kappa shape index (κ3) is 9.06. The SMILES string of the molecule is C=N/C(=N\N(C)c1ccc(OC(F)(F)F)cc1)c1ccc(/C(C)=C(\C)NC(=O)/N=C2\SCCC(C)N2c2cccc(C)c2C(C)C)cc1. The average Bonchev–Trinajstić information content (AvgIpc) is 3.02. The smallest absolute Gasteiger partial charge is 0.406 e. The van der Waals surface area contributed by atoms with Gasteiger partial charge in [-0.15, -0.1) is 13.2 Å². The zero-order valence-electron chi connectivity index (χ0n) is 28.2. The second kappa shape index (κ2) is 15.5. The Bertz CT molecular complexity index is 1720. The number of rotatable bonds is 8. The number of nitrogens with zero attached hydrogens (tertiary/aromatic N) is 5. The molecule has 1 aliphatic heterocycles. The molecule has 8 nitrogen and oxygen atoms in total. The van der Waals surface area contributed by atoms with Crippen molar-refractivity contribution in [2.75, 3.05) is 22.7 Å². The second-order valence-corrected chi connectivity index (χ2v) is 12.9. The van der Waals surface area contributed by atoms with Crippen LogP contribution in [0.25, 0.3) is 5.57 Å². The minimum absolute atomic E-state index is 0.200. The van der Waals surface area contributed by atoms with E-state index in [0.717, 1.165) is 29.0 Å². The van der Waals surface area contributed by atoms with E-state index in [2.05, 4.69) is 82.7 Å². The van der Waals surface area contributed by atoms with Crippen LogP contribution in [0.3, 0.4) is 0 Å². The molecule has 4 rings (SSSR count). The highest BCUT2D eigenvalue weighted by molar-refractivity contribution is 8.14. The van der Waals surface area contributed by atoms with Crippen molar-refractivity contribution in [3.05, 3.63) is 94.7 Å². The van der Waals surface area contributed by atoms with Gasteiger partial charge in [-0.2, -0.15) is 10.1 Å². The topological polar surface area (TPSA) is 81.9 Å². The number of amidine groups is 2. The molecule has 254 valence electrons. The number of halogens is 3. The van der Waals surface area contributed by atoms with Gasteiger partial charge in [-0.05, 0) is 99.3 Å². The van der Waals surface area contributed by atoms with Crippen molar-refractivity contribution in [2.45, 2.75) is 66.3 Å². The first-order valence-electron chi connectivity index (χ1n) is 15.5. The molecule has 2 amide bonds. The number of benzene rings is 3. The summed E-state index contributed by atoms with van der Waals surface area (Å²) in [6.07, 6.45) is -3.78. The summed E-state index contributed by atoms with van der Waals surface area (Å²) in [4.78, 5) is 24.0. The summed E-state index contributed by atoms with van der Waals surface area (Å²) in [5.41, 5.74) is 7.19. The van der Waals surface area contributed by atoms with Gasteiger partial charge in [0, 0.05) is 35.8 Å². The van der Waals surface area contributed by atoms with E-state index in [0.29, 0.717) is 33.9 Å². The lowest BCUT2D eigenvalue weighted by molar-refractivity contribution is -0.274. The maximum absolute atomic E-state index is 13.2. The molecule has 1 saturated heterocycles. The van der Waals surface area contributed by atoms with Crippen molar-refractivity contribution in [3.63, 3.8) is 0 Å². The molecule has 1 N–H and O–H groups in total. The Labute approximate surface area is 284 Å². The lowest BCUT2D eigenvalue weighted by atomic mass is 9.95. The van der Waals surface area contributed by atoms with E-state index in [9.17, 15) is 18.0 Å². The monoisotopic (exact) mass is 678 g/mol. The van der Waals surface area contributed by atoms with Crippen LogP contribution in [-0.2, 0) is 0 Å².